The highest BCUT2D eigenvalue weighted by Crippen LogP contribution is 2.26. The fourth-order valence-corrected chi connectivity index (χ4v) is 3.70. The van der Waals surface area contributed by atoms with Crippen molar-refractivity contribution in [2.24, 2.45) is 0 Å². The lowest BCUT2D eigenvalue weighted by molar-refractivity contribution is -0.384. The van der Waals surface area contributed by atoms with E-state index >= 15 is 0 Å². The molecule has 29 heavy (non-hydrogen) atoms. The van der Waals surface area contributed by atoms with E-state index in [1.165, 1.54) is 12.1 Å². The minimum atomic E-state index is -0.600. The molecule has 0 unspecified atom stereocenters. The molecule has 4 amide bonds. The van der Waals surface area contributed by atoms with E-state index in [2.05, 4.69) is 17.3 Å². The smallest absolute Gasteiger partial charge is 0.317 e. The number of imide groups is 1. The molecule has 1 aromatic carbocycles. The molecule has 10 nitrogen and oxygen atoms in total. The topological polar surface area (TPSA) is 116 Å². The fraction of sp³-hybridized carbons (Fsp3) is 0.526. The lowest BCUT2D eigenvalue weighted by atomic mass is 10.0. The van der Waals surface area contributed by atoms with Crippen molar-refractivity contribution in [3.63, 3.8) is 0 Å². The van der Waals surface area contributed by atoms with E-state index in [4.69, 9.17) is 0 Å². The van der Waals surface area contributed by atoms with Crippen molar-refractivity contribution in [3.05, 3.63) is 39.4 Å². The van der Waals surface area contributed by atoms with Gasteiger partial charge in [-0.1, -0.05) is 0 Å². The Morgan fingerprint density at radius 1 is 1.24 bits per heavy atom. The van der Waals surface area contributed by atoms with Crippen LogP contribution in [0.1, 0.15) is 40.0 Å². The summed E-state index contributed by atoms with van der Waals surface area (Å²) in [6.07, 6.45) is 2.27. The molecule has 2 aliphatic heterocycles. The van der Waals surface area contributed by atoms with Crippen molar-refractivity contribution in [2.75, 3.05) is 40.3 Å². The Kier molecular flexibility index (Phi) is 6.12. The fourth-order valence-electron chi connectivity index (χ4n) is 3.70. The average molecular weight is 403 g/mol. The van der Waals surface area contributed by atoms with Crippen LogP contribution in [0.4, 0.5) is 10.5 Å². The van der Waals surface area contributed by atoms with Crippen molar-refractivity contribution in [3.8, 4) is 0 Å². The molecule has 0 radical (unpaired) electrons. The molecule has 1 N–H and O–H groups in total. The summed E-state index contributed by atoms with van der Waals surface area (Å²) in [7, 11) is 3.84. The van der Waals surface area contributed by atoms with Gasteiger partial charge in [0, 0.05) is 38.3 Å². The highest BCUT2D eigenvalue weighted by Gasteiger charge is 2.36. The van der Waals surface area contributed by atoms with Crippen LogP contribution in [-0.4, -0.2) is 83.8 Å². The number of rotatable bonds is 6. The molecule has 2 heterocycles. The first kappa shape index (κ1) is 20.7. The second kappa shape index (κ2) is 8.56. The molecule has 1 fully saturated rings. The van der Waals surface area contributed by atoms with Crippen molar-refractivity contribution in [2.45, 2.75) is 25.3 Å². The Balaban J connectivity index is 1.48. The van der Waals surface area contributed by atoms with Gasteiger partial charge in [0.25, 0.3) is 17.5 Å². The van der Waals surface area contributed by atoms with Crippen LogP contribution in [0.15, 0.2) is 18.2 Å². The number of nitro groups is 1. The summed E-state index contributed by atoms with van der Waals surface area (Å²) in [6, 6.07) is 3.70. The van der Waals surface area contributed by atoms with Crippen LogP contribution in [0, 0.1) is 10.1 Å². The maximum atomic E-state index is 12.4. The van der Waals surface area contributed by atoms with Crippen LogP contribution in [-0.2, 0) is 0 Å². The van der Waals surface area contributed by atoms with Gasteiger partial charge in [-0.25, -0.2) is 4.79 Å². The standard InChI is InChI=1S/C19H25N5O5/c1-21-10-6-13(7-11-21)22(2)19(27)20-8-3-9-23-17(25)15-5-4-14(24(28)29)12-16(15)18(23)26/h4-5,12-13H,3,6-11H2,1-2H3,(H,20,27). The molecule has 0 saturated carbocycles. The average Bonchev–Trinajstić information content (AvgIpc) is 2.95. The molecule has 0 aromatic heterocycles. The Morgan fingerprint density at radius 2 is 1.90 bits per heavy atom. The van der Waals surface area contributed by atoms with E-state index < -0.39 is 16.7 Å². The molecule has 0 atom stereocenters. The van der Waals surface area contributed by atoms with Crippen LogP contribution < -0.4 is 5.32 Å². The highest BCUT2D eigenvalue weighted by atomic mass is 16.6. The molecular formula is C19H25N5O5. The first-order valence-corrected chi connectivity index (χ1v) is 9.63. The summed E-state index contributed by atoms with van der Waals surface area (Å²) in [6.45, 7) is 2.38. The Hall–Kier alpha value is -3.01. The summed E-state index contributed by atoms with van der Waals surface area (Å²) in [4.78, 5) is 52.4. The SMILES string of the molecule is CN1CCC(N(C)C(=O)NCCCN2C(=O)c3ccc([N+](=O)[O-])cc3C2=O)CC1. The number of piperidine rings is 1. The number of carbonyl (C=O) groups excluding carboxylic acids is 3. The molecule has 156 valence electrons. The lowest BCUT2D eigenvalue weighted by Crippen LogP contribution is -2.48. The third-order valence-corrected chi connectivity index (χ3v) is 5.56. The number of fused-ring (bicyclic) bond motifs is 1. The van der Waals surface area contributed by atoms with Crippen LogP contribution >= 0.6 is 0 Å². The number of nitro benzene ring substituents is 1. The molecule has 3 rings (SSSR count). The van der Waals surface area contributed by atoms with E-state index in [-0.39, 0.29) is 35.4 Å². The molecule has 1 saturated heterocycles. The zero-order chi connectivity index (χ0) is 21.1. The number of likely N-dealkylation sites (tertiary alicyclic amines) is 1. The van der Waals surface area contributed by atoms with E-state index in [0.29, 0.717) is 13.0 Å². The first-order chi connectivity index (χ1) is 13.8. The van der Waals surface area contributed by atoms with E-state index in [1.807, 2.05) is 0 Å². The number of non-ortho nitro benzene ring substituents is 1. The monoisotopic (exact) mass is 403 g/mol. The summed E-state index contributed by atoms with van der Waals surface area (Å²) in [5.74, 6) is -1.00. The Bertz CT molecular complexity index is 834. The Labute approximate surface area is 168 Å². The molecule has 10 heteroatoms. The normalized spacial score (nSPS) is 17.4. The predicted octanol–water partition coefficient (Wildman–Crippen LogP) is 1.32. The van der Waals surface area contributed by atoms with Crippen molar-refractivity contribution < 1.29 is 19.3 Å². The summed E-state index contributed by atoms with van der Waals surface area (Å²) >= 11 is 0. The van der Waals surface area contributed by atoms with Crippen molar-refractivity contribution >= 4 is 23.5 Å². The van der Waals surface area contributed by atoms with Crippen molar-refractivity contribution in [1.82, 2.24) is 20.0 Å². The van der Waals surface area contributed by atoms with E-state index in [9.17, 15) is 24.5 Å². The number of benzene rings is 1. The number of nitrogens with zero attached hydrogens (tertiary/aromatic N) is 4. The highest BCUT2D eigenvalue weighted by molar-refractivity contribution is 6.21. The summed E-state index contributed by atoms with van der Waals surface area (Å²) < 4.78 is 0. The van der Waals surface area contributed by atoms with Crippen LogP contribution in [0.5, 0.6) is 0 Å². The molecule has 0 aliphatic carbocycles. The number of hydrogen-bond donors (Lipinski definition) is 1. The van der Waals surface area contributed by atoms with Gasteiger partial charge in [0.1, 0.15) is 0 Å². The number of urea groups is 1. The van der Waals surface area contributed by atoms with E-state index in [1.54, 1.807) is 11.9 Å². The van der Waals surface area contributed by atoms with Crippen LogP contribution in [0.25, 0.3) is 0 Å². The molecule has 2 aliphatic rings. The van der Waals surface area contributed by atoms with Gasteiger partial charge in [-0.15, -0.1) is 0 Å². The minimum Gasteiger partial charge on any atom is -0.338 e. The van der Waals surface area contributed by atoms with Gasteiger partial charge in [-0.05, 0) is 45.5 Å². The minimum absolute atomic E-state index is 0.0511. The first-order valence-electron chi connectivity index (χ1n) is 9.63. The second-order valence-electron chi connectivity index (χ2n) is 7.48. The third kappa shape index (κ3) is 4.37. The maximum Gasteiger partial charge on any atom is 0.317 e. The summed E-state index contributed by atoms with van der Waals surface area (Å²) in [5, 5.41) is 13.7. The molecule has 1 aromatic rings. The van der Waals surface area contributed by atoms with Crippen LogP contribution in [0.3, 0.4) is 0 Å². The van der Waals surface area contributed by atoms with E-state index in [0.717, 1.165) is 36.9 Å². The van der Waals surface area contributed by atoms with Crippen molar-refractivity contribution in [1.29, 1.82) is 0 Å². The Morgan fingerprint density at radius 3 is 2.55 bits per heavy atom. The van der Waals surface area contributed by atoms with Crippen LogP contribution in [0.2, 0.25) is 0 Å². The predicted molar refractivity (Wildman–Crippen MR) is 105 cm³/mol. The van der Waals surface area contributed by atoms with Gasteiger partial charge in [0.05, 0.1) is 16.1 Å². The van der Waals surface area contributed by atoms with Gasteiger partial charge < -0.3 is 15.1 Å². The largest absolute Gasteiger partial charge is 0.338 e. The van der Waals surface area contributed by atoms with Gasteiger partial charge in [0.2, 0.25) is 0 Å². The molecule has 0 spiro atoms. The zero-order valence-electron chi connectivity index (χ0n) is 16.6. The second-order valence-corrected chi connectivity index (χ2v) is 7.48. The van der Waals surface area contributed by atoms with Gasteiger partial charge >= 0.3 is 6.03 Å². The summed E-state index contributed by atoms with van der Waals surface area (Å²) in [5.41, 5.74) is -0.00201. The quantitative estimate of drug-likeness (QED) is 0.331. The molecule has 0 bridgehead atoms. The number of nitrogens with one attached hydrogen (secondary N) is 1. The molecular weight excluding hydrogens is 378 g/mol. The van der Waals surface area contributed by atoms with Gasteiger partial charge in [-0.3, -0.25) is 24.6 Å². The maximum absolute atomic E-state index is 12.4. The third-order valence-electron chi connectivity index (χ3n) is 5.56. The number of hydrogen-bond acceptors (Lipinski definition) is 6. The van der Waals surface area contributed by atoms with Gasteiger partial charge in [0.15, 0.2) is 0 Å². The number of carbonyl (C=O) groups is 3. The number of amides is 4. The van der Waals surface area contributed by atoms with Gasteiger partial charge in [-0.2, -0.15) is 0 Å². The zero-order valence-corrected chi connectivity index (χ0v) is 16.6. The lowest BCUT2D eigenvalue weighted by Gasteiger charge is -2.35.